The zero-order chi connectivity index (χ0) is 19.5. The second-order valence-electron chi connectivity index (χ2n) is 6.47. The van der Waals surface area contributed by atoms with Crippen molar-refractivity contribution in [2.75, 3.05) is 30.4 Å². The van der Waals surface area contributed by atoms with Gasteiger partial charge in [0.05, 0.1) is 18.1 Å². The van der Waals surface area contributed by atoms with Crippen LogP contribution in [-0.2, 0) is 11.3 Å². The van der Waals surface area contributed by atoms with Crippen LogP contribution in [0, 0.1) is 0 Å². The predicted octanol–water partition coefficient (Wildman–Crippen LogP) is 2.60. The van der Waals surface area contributed by atoms with E-state index in [2.05, 4.69) is 15.6 Å². The molecule has 0 saturated heterocycles. The summed E-state index contributed by atoms with van der Waals surface area (Å²) in [6, 6.07) is 14.7. The number of hydrogen-bond donors (Lipinski definition) is 2. The van der Waals surface area contributed by atoms with Gasteiger partial charge >= 0.3 is 6.03 Å². The fourth-order valence-electron chi connectivity index (χ4n) is 3.28. The monoisotopic (exact) mass is 379 g/mol. The predicted molar refractivity (Wildman–Crippen MR) is 107 cm³/mol. The number of rotatable bonds is 5. The number of ether oxygens (including phenoxy) is 1. The number of imidazole rings is 1. The third-order valence-corrected chi connectivity index (χ3v) is 4.65. The summed E-state index contributed by atoms with van der Waals surface area (Å²) >= 11 is 0. The molecule has 4 rings (SSSR count). The van der Waals surface area contributed by atoms with Crippen molar-refractivity contribution in [2.45, 2.75) is 13.0 Å². The minimum atomic E-state index is -0.247. The lowest BCUT2D eigenvalue weighted by Gasteiger charge is -2.15. The summed E-state index contributed by atoms with van der Waals surface area (Å²) in [5.41, 5.74) is 2.54. The number of benzene rings is 2. The molecule has 0 saturated carbocycles. The summed E-state index contributed by atoms with van der Waals surface area (Å²) in [5.74, 6) is 1.13. The molecule has 144 valence electrons. The maximum atomic E-state index is 12.5. The van der Waals surface area contributed by atoms with Crippen LogP contribution in [0.15, 0.2) is 48.5 Å². The molecule has 3 aromatic rings. The first-order chi connectivity index (χ1) is 13.7. The van der Waals surface area contributed by atoms with E-state index >= 15 is 0 Å². The van der Waals surface area contributed by atoms with E-state index in [0.29, 0.717) is 30.5 Å². The topological polar surface area (TPSA) is 88.5 Å². The second-order valence-corrected chi connectivity index (χ2v) is 6.47. The van der Waals surface area contributed by atoms with E-state index in [9.17, 15) is 9.59 Å². The molecule has 1 aliphatic heterocycles. The Morgan fingerprint density at radius 3 is 2.86 bits per heavy atom. The number of para-hydroxylation sites is 2. The highest BCUT2D eigenvalue weighted by atomic mass is 16.5. The lowest BCUT2D eigenvalue weighted by Crippen LogP contribution is -2.40. The van der Waals surface area contributed by atoms with Crippen molar-refractivity contribution in [3.05, 3.63) is 48.5 Å². The molecule has 2 N–H and O–H groups in total. The summed E-state index contributed by atoms with van der Waals surface area (Å²) in [5, 5.41) is 5.59. The van der Waals surface area contributed by atoms with E-state index in [1.165, 1.54) is 0 Å². The highest BCUT2D eigenvalue weighted by Gasteiger charge is 2.28. The van der Waals surface area contributed by atoms with E-state index in [1.807, 2.05) is 28.8 Å². The van der Waals surface area contributed by atoms with Crippen LogP contribution in [-0.4, -0.2) is 41.7 Å². The van der Waals surface area contributed by atoms with E-state index < -0.39 is 0 Å². The summed E-state index contributed by atoms with van der Waals surface area (Å²) < 4.78 is 7.17. The van der Waals surface area contributed by atoms with Crippen molar-refractivity contribution in [2.24, 2.45) is 0 Å². The highest BCUT2D eigenvalue weighted by Crippen LogP contribution is 2.26. The fraction of sp³-hybridized carbons (Fsp3) is 0.250. The third-order valence-electron chi connectivity index (χ3n) is 4.65. The minimum absolute atomic E-state index is 0.174. The second kappa shape index (κ2) is 7.59. The largest absolute Gasteiger partial charge is 0.497 e. The molecule has 1 aliphatic rings. The molecule has 28 heavy (non-hydrogen) atoms. The molecule has 0 fully saturated rings. The third kappa shape index (κ3) is 3.48. The SMILES string of the molecule is COc1cccc(NC(=O)CCNC(=O)N2CCn3c2nc2ccccc23)c1. The van der Waals surface area contributed by atoms with Gasteiger partial charge in [0.2, 0.25) is 11.9 Å². The van der Waals surface area contributed by atoms with E-state index in [-0.39, 0.29) is 24.9 Å². The lowest BCUT2D eigenvalue weighted by molar-refractivity contribution is -0.116. The van der Waals surface area contributed by atoms with Crippen LogP contribution in [0.2, 0.25) is 0 Å². The van der Waals surface area contributed by atoms with Crippen LogP contribution < -0.4 is 20.3 Å². The summed E-state index contributed by atoms with van der Waals surface area (Å²) in [6.45, 7) is 1.51. The normalized spacial score (nSPS) is 12.7. The molecule has 2 aromatic carbocycles. The number of nitrogens with zero attached hydrogens (tertiary/aromatic N) is 3. The van der Waals surface area contributed by atoms with Gasteiger partial charge in [0.1, 0.15) is 5.75 Å². The van der Waals surface area contributed by atoms with Crippen LogP contribution in [0.3, 0.4) is 0 Å². The van der Waals surface area contributed by atoms with Crippen molar-refractivity contribution in [3.8, 4) is 5.75 Å². The van der Waals surface area contributed by atoms with Crippen molar-refractivity contribution < 1.29 is 14.3 Å². The van der Waals surface area contributed by atoms with Gasteiger partial charge in [-0.1, -0.05) is 18.2 Å². The summed E-state index contributed by atoms with van der Waals surface area (Å²) in [4.78, 5) is 30.8. The highest BCUT2D eigenvalue weighted by molar-refractivity contribution is 5.95. The van der Waals surface area contributed by atoms with Crippen LogP contribution in [0.4, 0.5) is 16.4 Å². The van der Waals surface area contributed by atoms with Crippen LogP contribution in [0.1, 0.15) is 6.42 Å². The van der Waals surface area contributed by atoms with Crippen molar-refractivity contribution in [1.29, 1.82) is 0 Å². The van der Waals surface area contributed by atoms with Gasteiger partial charge in [0.25, 0.3) is 0 Å². The Morgan fingerprint density at radius 1 is 1.14 bits per heavy atom. The first kappa shape index (κ1) is 17.8. The zero-order valence-corrected chi connectivity index (χ0v) is 15.5. The molecule has 2 heterocycles. The van der Waals surface area contributed by atoms with Crippen molar-refractivity contribution in [1.82, 2.24) is 14.9 Å². The van der Waals surface area contributed by atoms with Crippen LogP contribution in [0.25, 0.3) is 11.0 Å². The maximum absolute atomic E-state index is 12.5. The molecule has 0 spiro atoms. The molecule has 8 nitrogen and oxygen atoms in total. The van der Waals surface area contributed by atoms with Gasteiger partial charge in [-0.3, -0.25) is 9.69 Å². The Morgan fingerprint density at radius 2 is 2.00 bits per heavy atom. The number of hydrogen-bond acceptors (Lipinski definition) is 4. The van der Waals surface area contributed by atoms with Gasteiger partial charge in [-0.2, -0.15) is 0 Å². The van der Waals surface area contributed by atoms with Gasteiger partial charge in [-0.05, 0) is 24.3 Å². The molecule has 0 aliphatic carbocycles. The summed E-state index contributed by atoms with van der Waals surface area (Å²) in [7, 11) is 1.57. The number of carbonyl (C=O) groups is 2. The summed E-state index contributed by atoms with van der Waals surface area (Å²) in [6.07, 6.45) is 0.174. The van der Waals surface area contributed by atoms with Gasteiger partial charge in [-0.15, -0.1) is 0 Å². The molecular weight excluding hydrogens is 358 g/mol. The van der Waals surface area contributed by atoms with Gasteiger partial charge in [0, 0.05) is 37.8 Å². The average Bonchev–Trinajstić information content (AvgIpc) is 3.27. The van der Waals surface area contributed by atoms with E-state index in [1.54, 1.807) is 36.3 Å². The number of urea groups is 1. The zero-order valence-electron chi connectivity index (χ0n) is 15.5. The lowest BCUT2D eigenvalue weighted by atomic mass is 10.3. The Kier molecular flexibility index (Phi) is 4.84. The number of aromatic nitrogens is 2. The number of anilines is 2. The number of methoxy groups -OCH3 is 1. The average molecular weight is 379 g/mol. The Bertz CT molecular complexity index is 1030. The van der Waals surface area contributed by atoms with Crippen molar-refractivity contribution in [3.63, 3.8) is 0 Å². The molecular formula is C20H21N5O3. The molecule has 0 bridgehead atoms. The molecule has 0 atom stereocenters. The molecule has 0 unspecified atom stereocenters. The number of amides is 3. The smallest absolute Gasteiger partial charge is 0.324 e. The molecule has 3 amide bonds. The number of carbonyl (C=O) groups excluding carboxylic acids is 2. The number of fused-ring (bicyclic) bond motifs is 3. The van der Waals surface area contributed by atoms with Crippen molar-refractivity contribution >= 4 is 34.6 Å². The Balaban J connectivity index is 1.31. The molecule has 0 radical (unpaired) electrons. The fourth-order valence-corrected chi connectivity index (χ4v) is 3.28. The Labute approximate surface area is 162 Å². The quantitative estimate of drug-likeness (QED) is 0.713. The standard InChI is InChI=1S/C20H21N5O3/c1-28-15-6-4-5-14(13-15)22-18(26)9-10-21-20(27)25-12-11-24-17-8-3-2-7-16(17)23-19(24)25/h2-8,13H,9-12H2,1H3,(H,21,27)(H,22,26). The molecule has 1 aromatic heterocycles. The van der Waals surface area contributed by atoms with Gasteiger partial charge in [-0.25, -0.2) is 9.78 Å². The Hall–Kier alpha value is -3.55. The van der Waals surface area contributed by atoms with E-state index in [0.717, 1.165) is 11.0 Å². The number of nitrogens with one attached hydrogen (secondary N) is 2. The van der Waals surface area contributed by atoms with Crippen LogP contribution in [0.5, 0.6) is 5.75 Å². The maximum Gasteiger partial charge on any atom is 0.324 e. The first-order valence-electron chi connectivity index (χ1n) is 9.10. The molecule has 8 heteroatoms. The van der Waals surface area contributed by atoms with Crippen LogP contribution >= 0.6 is 0 Å². The minimum Gasteiger partial charge on any atom is -0.497 e. The van der Waals surface area contributed by atoms with E-state index in [4.69, 9.17) is 4.74 Å². The van der Waals surface area contributed by atoms with Gasteiger partial charge in [0.15, 0.2) is 0 Å². The first-order valence-corrected chi connectivity index (χ1v) is 9.10. The van der Waals surface area contributed by atoms with Gasteiger partial charge < -0.3 is 19.9 Å².